The fourth-order valence-electron chi connectivity index (χ4n) is 1.19. The highest BCUT2D eigenvalue weighted by Crippen LogP contribution is 2.25. The molecule has 1 rings (SSSR count). The number of carboxylic acids is 1. The number of carboxylic acid groups (broad SMARTS) is 1. The Balaban J connectivity index is 2.84. The van der Waals surface area contributed by atoms with Crippen molar-refractivity contribution in [3.05, 3.63) is 38.9 Å². The Hall–Kier alpha value is -1.66. The average molecular weight is 245 g/mol. The molecule has 86 valence electrons. The normalized spacial score (nSPS) is 10.1. The molecule has 0 bridgehead atoms. The van der Waals surface area contributed by atoms with Crippen LogP contribution in [0.5, 0.6) is 0 Å². The minimum absolute atomic E-state index is 0.0439. The molecule has 0 atom stereocenters. The summed E-state index contributed by atoms with van der Waals surface area (Å²) < 4.78 is 0. The molecule has 0 amide bonds. The third-order valence-electron chi connectivity index (χ3n) is 1.87. The van der Waals surface area contributed by atoms with E-state index < -0.39 is 10.9 Å². The van der Waals surface area contributed by atoms with Gasteiger partial charge in [-0.25, -0.2) is 0 Å². The van der Waals surface area contributed by atoms with Crippen LogP contribution in [0.3, 0.4) is 0 Å². The first-order valence-electron chi connectivity index (χ1n) is 4.36. The van der Waals surface area contributed by atoms with Gasteiger partial charge in [-0.2, -0.15) is 0 Å². The van der Waals surface area contributed by atoms with Crippen LogP contribution in [-0.2, 0) is 11.3 Å². The number of nitro groups is 1. The van der Waals surface area contributed by atoms with Crippen molar-refractivity contribution in [3.8, 4) is 0 Å². The maximum atomic E-state index is 10.7. The van der Waals surface area contributed by atoms with Crippen LogP contribution in [0.25, 0.3) is 0 Å². The summed E-state index contributed by atoms with van der Waals surface area (Å²) in [7, 11) is 0. The number of benzene rings is 1. The van der Waals surface area contributed by atoms with Crippen LogP contribution in [-0.4, -0.2) is 22.5 Å². The summed E-state index contributed by atoms with van der Waals surface area (Å²) in [6.45, 7) is -0.231. The van der Waals surface area contributed by atoms with Crippen molar-refractivity contribution < 1.29 is 14.8 Å². The quantitative estimate of drug-likeness (QED) is 0.604. The van der Waals surface area contributed by atoms with Crippen molar-refractivity contribution in [2.45, 2.75) is 6.54 Å². The molecule has 0 aliphatic rings. The molecule has 2 N–H and O–H groups in total. The molecule has 0 radical (unpaired) electrons. The van der Waals surface area contributed by atoms with E-state index >= 15 is 0 Å². The van der Waals surface area contributed by atoms with E-state index in [1.165, 1.54) is 18.2 Å². The van der Waals surface area contributed by atoms with Crippen LogP contribution in [0.2, 0.25) is 5.02 Å². The maximum absolute atomic E-state index is 10.7. The molecule has 0 spiro atoms. The highest BCUT2D eigenvalue weighted by atomic mass is 35.5. The average Bonchev–Trinajstić information content (AvgIpc) is 2.19. The van der Waals surface area contributed by atoms with Gasteiger partial charge in [0.2, 0.25) is 0 Å². The van der Waals surface area contributed by atoms with Crippen molar-refractivity contribution in [2.75, 3.05) is 6.54 Å². The minimum Gasteiger partial charge on any atom is -0.480 e. The number of halogens is 1. The van der Waals surface area contributed by atoms with Crippen LogP contribution < -0.4 is 5.32 Å². The van der Waals surface area contributed by atoms with Gasteiger partial charge in [-0.15, -0.1) is 0 Å². The molecule has 0 saturated carbocycles. The Labute approximate surface area is 96.0 Å². The number of rotatable bonds is 5. The lowest BCUT2D eigenvalue weighted by Crippen LogP contribution is -2.22. The molecular formula is C9H9ClN2O4. The Bertz CT molecular complexity index is 422. The number of aliphatic carboxylic acids is 1. The van der Waals surface area contributed by atoms with Gasteiger partial charge in [-0.05, 0) is 6.07 Å². The van der Waals surface area contributed by atoms with E-state index in [1.807, 2.05) is 0 Å². The summed E-state index contributed by atoms with van der Waals surface area (Å²) in [5, 5.41) is 21.9. The van der Waals surface area contributed by atoms with Gasteiger partial charge in [-0.1, -0.05) is 17.7 Å². The van der Waals surface area contributed by atoms with Gasteiger partial charge >= 0.3 is 5.97 Å². The zero-order valence-electron chi connectivity index (χ0n) is 8.14. The molecule has 0 heterocycles. The molecule has 1 aromatic carbocycles. The largest absolute Gasteiger partial charge is 0.480 e. The SMILES string of the molecule is O=C(O)CNCc1c(Cl)cccc1[N+](=O)[O-]. The van der Waals surface area contributed by atoms with Gasteiger partial charge in [0.1, 0.15) is 0 Å². The molecular weight excluding hydrogens is 236 g/mol. The van der Waals surface area contributed by atoms with Crippen molar-refractivity contribution >= 4 is 23.3 Å². The number of carbonyl (C=O) groups is 1. The lowest BCUT2D eigenvalue weighted by atomic mass is 10.2. The Morgan fingerprint density at radius 3 is 2.81 bits per heavy atom. The molecule has 16 heavy (non-hydrogen) atoms. The van der Waals surface area contributed by atoms with Crippen LogP contribution in [0.1, 0.15) is 5.56 Å². The molecule has 0 aliphatic carbocycles. The van der Waals surface area contributed by atoms with E-state index in [0.717, 1.165) is 0 Å². The minimum atomic E-state index is -1.03. The molecule has 0 aromatic heterocycles. The van der Waals surface area contributed by atoms with E-state index in [9.17, 15) is 14.9 Å². The number of nitrogens with zero attached hydrogens (tertiary/aromatic N) is 1. The van der Waals surface area contributed by atoms with Crippen molar-refractivity contribution in [1.82, 2.24) is 5.32 Å². The first-order valence-corrected chi connectivity index (χ1v) is 4.74. The maximum Gasteiger partial charge on any atom is 0.317 e. The molecule has 0 saturated heterocycles. The lowest BCUT2D eigenvalue weighted by Gasteiger charge is -2.05. The standard InChI is InChI=1S/C9H9ClN2O4/c10-7-2-1-3-8(12(15)16)6(7)4-11-5-9(13)14/h1-3,11H,4-5H2,(H,13,14). The van der Waals surface area contributed by atoms with Gasteiger partial charge in [0.15, 0.2) is 0 Å². The van der Waals surface area contributed by atoms with Gasteiger partial charge in [0.25, 0.3) is 5.69 Å². The number of hydrogen-bond acceptors (Lipinski definition) is 4. The summed E-state index contributed by atoms with van der Waals surface area (Å²) in [5.41, 5.74) is 0.167. The monoisotopic (exact) mass is 244 g/mol. The number of nitro benzene ring substituents is 1. The van der Waals surface area contributed by atoms with E-state index in [1.54, 1.807) is 0 Å². The third kappa shape index (κ3) is 3.18. The first-order chi connectivity index (χ1) is 7.52. The van der Waals surface area contributed by atoms with Gasteiger partial charge < -0.3 is 10.4 Å². The van der Waals surface area contributed by atoms with Crippen molar-refractivity contribution in [3.63, 3.8) is 0 Å². The number of nitrogens with one attached hydrogen (secondary N) is 1. The highest BCUT2D eigenvalue weighted by molar-refractivity contribution is 6.31. The molecule has 6 nitrogen and oxygen atoms in total. The van der Waals surface area contributed by atoms with Crippen LogP contribution in [0.15, 0.2) is 18.2 Å². The lowest BCUT2D eigenvalue weighted by molar-refractivity contribution is -0.385. The van der Waals surface area contributed by atoms with Crippen LogP contribution in [0, 0.1) is 10.1 Å². The summed E-state index contributed by atoms with van der Waals surface area (Å²) in [6, 6.07) is 4.32. The Morgan fingerprint density at radius 2 is 2.25 bits per heavy atom. The van der Waals surface area contributed by atoms with Gasteiger partial charge in [0, 0.05) is 12.6 Å². The fourth-order valence-corrected chi connectivity index (χ4v) is 1.42. The summed E-state index contributed by atoms with van der Waals surface area (Å²) in [6.07, 6.45) is 0. The van der Waals surface area contributed by atoms with E-state index in [4.69, 9.17) is 16.7 Å². The summed E-state index contributed by atoms with van der Waals surface area (Å²) in [5.74, 6) is -1.03. The van der Waals surface area contributed by atoms with Crippen LogP contribution in [0.4, 0.5) is 5.69 Å². The van der Waals surface area contributed by atoms with E-state index in [2.05, 4.69) is 5.32 Å². The molecule has 0 unspecified atom stereocenters. The highest BCUT2D eigenvalue weighted by Gasteiger charge is 2.16. The smallest absolute Gasteiger partial charge is 0.317 e. The second kappa shape index (κ2) is 5.43. The van der Waals surface area contributed by atoms with Crippen LogP contribution >= 0.6 is 11.6 Å². The zero-order valence-corrected chi connectivity index (χ0v) is 8.90. The molecule has 1 aromatic rings. The Morgan fingerprint density at radius 1 is 1.56 bits per heavy atom. The topological polar surface area (TPSA) is 92.5 Å². The van der Waals surface area contributed by atoms with Crippen molar-refractivity contribution in [1.29, 1.82) is 0 Å². The van der Waals surface area contributed by atoms with Gasteiger partial charge in [-0.3, -0.25) is 14.9 Å². The predicted molar refractivity (Wildman–Crippen MR) is 57.4 cm³/mol. The summed E-state index contributed by atoms with van der Waals surface area (Å²) >= 11 is 5.80. The van der Waals surface area contributed by atoms with Gasteiger partial charge in [0.05, 0.1) is 22.1 Å². The molecule has 0 fully saturated rings. The van der Waals surface area contributed by atoms with E-state index in [0.29, 0.717) is 0 Å². The summed E-state index contributed by atoms with van der Waals surface area (Å²) in [4.78, 5) is 20.4. The first kappa shape index (κ1) is 12.4. The predicted octanol–water partition coefficient (Wildman–Crippen LogP) is 1.42. The second-order valence-electron chi connectivity index (χ2n) is 2.99. The molecule has 7 heteroatoms. The zero-order chi connectivity index (χ0) is 12.1. The van der Waals surface area contributed by atoms with Crippen molar-refractivity contribution in [2.24, 2.45) is 0 Å². The van der Waals surface area contributed by atoms with E-state index in [-0.39, 0.29) is 29.4 Å². The second-order valence-corrected chi connectivity index (χ2v) is 3.40. The molecule has 0 aliphatic heterocycles. The third-order valence-corrected chi connectivity index (χ3v) is 2.22. The fraction of sp³-hybridized carbons (Fsp3) is 0.222. The Kier molecular flexibility index (Phi) is 4.21. The number of hydrogen-bond donors (Lipinski definition) is 2.